The standard InChI is InChI=1S/C27H31N3O3S/c1-18(19-8-4-2-5-9-19)28-27(34)30(22-10-6-3-7-11-22)17-21-14-20-15-24-25(33-13-12-32-24)16-23(20)29-26(21)31/h2,4-5,8-9,14-16,18,22H,3,6-7,10-13,17H2,1H3,(H,28,34)(H,29,31)/t18-/m1/s1. The van der Waals surface area contributed by atoms with Crippen LogP contribution in [0.1, 0.15) is 56.2 Å². The van der Waals surface area contributed by atoms with Gasteiger partial charge in [-0.05, 0) is 49.7 Å². The van der Waals surface area contributed by atoms with E-state index in [1.165, 1.54) is 24.8 Å². The molecule has 2 aromatic carbocycles. The van der Waals surface area contributed by atoms with E-state index in [9.17, 15) is 4.79 Å². The van der Waals surface area contributed by atoms with Crippen molar-refractivity contribution in [3.8, 4) is 11.5 Å². The lowest BCUT2D eigenvalue weighted by molar-refractivity contribution is 0.172. The third-order valence-electron chi connectivity index (χ3n) is 6.84. The molecule has 1 saturated carbocycles. The van der Waals surface area contributed by atoms with Gasteiger partial charge in [0, 0.05) is 23.1 Å². The van der Waals surface area contributed by atoms with Crippen molar-refractivity contribution >= 4 is 28.2 Å². The number of ether oxygens (including phenoxy) is 2. The van der Waals surface area contributed by atoms with Crippen LogP contribution in [0.3, 0.4) is 0 Å². The molecule has 1 fully saturated rings. The van der Waals surface area contributed by atoms with Crippen LogP contribution in [0.25, 0.3) is 10.9 Å². The van der Waals surface area contributed by atoms with Crippen LogP contribution in [0.4, 0.5) is 0 Å². The molecular weight excluding hydrogens is 446 g/mol. The Morgan fingerprint density at radius 2 is 1.79 bits per heavy atom. The van der Waals surface area contributed by atoms with Crippen molar-refractivity contribution in [3.63, 3.8) is 0 Å². The SMILES string of the molecule is C[C@@H](NC(=S)N(Cc1cc2cc3c(cc2[nH]c1=O)OCCO3)C1CCCCC1)c1ccccc1. The van der Waals surface area contributed by atoms with Crippen LogP contribution in [0.2, 0.25) is 0 Å². The third-order valence-corrected chi connectivity index (χ3v) is 7.19. The Kier molecular flexibility index (Phi) is 6.72. The Morgan fingerprint density at radius 1 is 1.09 bits per heavy atom. The summed E-state index contributed by atoms with van der Waals surface area (Å²) in [4.78, 5) is 18.3. The van der Waals surface area contributed by atoms with Crippen LogP contribution in [-0.2, 0) is 6.54 Å². The van der Waals surface area contributed by atoms with Crippen molar-refractivity contribution < 1.29 is 9.47 Å². The number of rotatable bonds is 5. The van der Waals surface area contributed by atoms with Gasteiger partial charge in [0.1, 0.15) is 13.2 Å². The van der Waals surface area contributed by atoms with Crippen molar-refractivity contribution in [2.75, 3.05) is 13.2 Å². The Hall–Kier alpha value is -3.06. The minimum atomic E-state index is -0.0936. The average molecular weight is 478 g/mol. The fourth-order valence-corrected chi connectivity index (χ4v) is 5.33. The first-order valence-electron chi connectivity index (χ1n) is 12.2. The lowest BCUT2D eigenvalue weighted by Crippen LogP contribution is -2.47. The molecule has 0 unspecified atom stereocenters. The van der Waals surface area contributed by atoms with Crippen molar-refractivity contribution in [2.45, 2.75) is 57.7 Å². The van der Waals surface area contributed by atoms with Gasteiger partial charge in [-0.2, -0.15) is 0 Å². The summed E-state index contributed by atoms with van der Waals surface area (Å²) < 4.78 is 11.4. The van der Waals surface area contributed by atoms with Crippen LogP contribution in [0.5, 0.6) is 11.5 Å². The summed E-state index contributed by atoms with van der Waals surface area (Å²) in [6.45, 7) is 3.64. The zero-order valence-electron chi connectivity index (χ0n) is 19.5. The normalized spacial score (nSPS) is 16.7. The summed E-state index contributed by atoms with van der Waals surface area (Å²) in [6, 6.07) is 16.5. The highest BCUT2D eigenvalue weighted by molar-refractivity contribution is 7.80. The van der Waals surface area contributed by atoms with Gasteiger partial charge in [0.15, 0.2) is 16.6 Å². The molecule has 2 aliphatic rings. The molecule has 0 bridgehead atoms. The van der Waals surface area contributed by atoms with Crippen LogP contribution in [-0.4, -0.2) is 34.3 Å². The first-order valence-corrected chi connectivity index (χ1v) is 12.6. The van der Waals surface area contributed by atoms with Crippen LogP contribution >= 0.6 is 12.2 Å². The van der Waals surface area contributed by atoms with Crippen LogP contribution in [0, 0.1) is 0 Å². The molecule has 1 atom stereocenters. The molecule has 2 N–H and O–H groups in total. The summed E-state index contributed by atoms with van der Waals surface area (Å²) in [5.74, 6) is 1.39. The van der Waals surface area contributed by atoms with E-state index in [2.05, 4.69) is 34.3 Å². The van der Waals surface area contributed by atoms with E-state index in [4.69, 9.17) is 21.7 Å². The average Bonchev–Trinajstić information content (AvgIpc) is 2.87. The highest BCUT2D eigenvalue weighted by atomic mass is 32.1. The summed E-state index contributed by atoms with van der Waals surface area (Å²) in [5, 5.41) is 5.15. The lowest BCUT2D eigenvalue weighted by Gasteiger charge is -2.37. The number of benzene rings is 2. The first-order chi connectivity index (χ1) is 16.6. The number of hydrogen-bond donors (Lipinski definition) is 2. The quantitative estimate of drug-likeness (QED) is 0.500. The predicted octanol–water partition coefficient (Wildman–Crippen LogP) is 5.07. The topological polar surface area (TPSA) is 66.6 Å². The van der Waals surface area contributed by atoms with E-state index in [-0.39, 0.29) is 11.6 Å². The predicted molar refractivity (Wildman–Crippen MR) is 139 cm³/mol. The number of aromatic amines is 1. The number of nitrogens with one attached hydrogen (secondary N) is 2. The third kappa shape index (κ3) is 4.89. The second-order valence-corrected chi connectivity index (χ2v) is 9.60. The number of H-pyrrole nitrogens is 1. The molecule has 1 aromatic heterocycles. The molecule has 0 saturated heterocycles. The molecule has 0 spiro atoms. The lowest BCUT2D eigenvalue weighted by atomic mass is 9.94. The van der Waals surface area contributed by atoms with Gasteiger partial charge >= 0.3 is 0 Å². The van der Waals surface area contributed by atoms with Crippen molar-refractivity contribution in [1.82, 2.24) is 15.2 Å². The molecule has 0 radical (unpaired) electrons. The fourth-order valence-electron chi connectivity index (χ4n) is 4.94. The van der Waals surface area contributed by atoms with E-state index >= 15 is 0 Å². The molecular formula is C27H31N3O3S. The molecule has 0 amide bonds. The van der Waals surface area contributed by atoms with E-state index < -0.39 is 0 Å². The van der Waals surface area contributed by atoms with Gasteiger partial charge in [-0.3, -0.25) is 4.79 Å². The van der Waals surface area contributed by atoms with Crippen LogP contribution in [0.15, 0.2) is 53.3 Å². The maximum Gasteiger partial charge on any atom is 0.253 e. The van der Waals surface area contributed by atoms with Gasteiger partial charge in [0.25, 0.3) is 5.56 Å². The zero-order valence-corrected chi connectivity index (χ0v) is 20.3. The summed E-state index contributed by atoms with van der Waals surface area (Å²) in [6.07, 6.45) is 5.82. The number of pyridine rings is 1. The number of thiocarbonyl (C=S) groups is 1. The van der Waals surface area contributed by atoms with Gasteiger partial charge in [-0.25, -0.2) is 0 Å². The molecule has 2 heterocycles. The molecule has 3 aromatic rings. The highest BCUT2D eigenvalue weighted by Gasteiger charge is 2.25. The maximum atomic E-state index is 13.1. The van der Waals surface area contributed by atoms with Gasteiger partial charge in [0.2, 0.25) is 0 Å². The number of aromatic nitrogens is 1. The fraction of sp³-hybridized carbons (Fsp3) is 0.407. The Bertz CT molecular complexity index is 1220. The van der Waals surface area contributed by atoms with Gasteiger partial charge < -0.3 is 24.7 Å². The largest absolute Gasteiger partial charge is 0.486 e. The van der Waals surface area contributed by atoms with Crippen molar-refractivity contribution in [1.29, 1.82) is 0 Å². The van der Waals surface area contributed by atoms with E-state index in [1.54, 1.807) is 0 Å². The minimum absolute atomic E-state index is 0.0818. The van der Waals surface area contributed by atoms with Crippen LogP contribution < -0.4 is 20.3 Å². The highest BCUT2D eigenvalue weighted by Crippen LogP contribution is 2.34. The molecule has 6 nitrogen and oxygen atoms in total. The Balaban J connectivity index is 1.42. The van der Waals surface area contributed by atoms with E-state index in [0.717, 1.165) is 29.5 Å². The number of fused-ring (bicyclic) bond motifs is 2. The molecule has 178 valence electrons. The zero-order chi connectivity index (χ0) is 23.5. The molecule has 7 heteroatoms. The molecule has 34 heavy (non-hydrogen) atoms. The van der Waals surface area contributed by atoms with Gasteiger partial charge in [-0.1, -0.05) is 49.6 Å². The van der Waals surface area contributed by atoms with Gasteiger partial charge in [-0.15, -0.1) is 0 Å². The minimum Gasteiger partial charge on any atom is -0.486 e. The second kappa shape index (κ2) is 10.1. The van der Waals surface area contributed by atoms with Crippen molar-refractivity contribution in [2.24, 2.45) is 0 Å². The maximum absolute atomic E-state index is 13.1. The second-order valence-electron chi connectivity index (χ2n) is 9.21. The van der Waals surface area contributed by atoms with Gasteiger partial charge in [0.05, 0.1) is 18.1 Å². The molecule has 1 aliphatic carbocycles. The molecule has 1 aliphatic heterocycles. The van der Waals surface area contributed by atoms with E-state index in [0.29, 0.717) is 42.2 Å². The summed E-state index contributed by atoms with van der Waals surface area (Å²) in [7, 11) is 0. The number of hydrogen-bond acceptors (Lipinski definition) is 4. The Morgan fingerprint density at radius 3 is 2.53 bits per heavy atom. The molecule has 5 rings (SSSR count). The number of nitrogens with zero attached hydrogens (tertiary/aromatic N) is 1. The van der Waals surface area contributed by atoms with E-state index in [1.807, 2.05) is 36.4 Å². The monoisotopic (exact) mass is 477 g/mol. The Labute approximate surface area is 205 Å². The first kappa shape index (κ1) is 22.7. The summed E-state index contributed by atoms with van der Waals surface area (Å²) >= 11 is 5.92. The van der Waals surface area contributed by atoms with Crippen molar-refractivity contribution in [3.05, 3.63) is 70.0 Å². The smallest absolute Gasteiger partial charge is 0.253 e. The summed E-state index contributed by atoms with van der Waals surface area (Å²) in [5.41, 5.74) is 2.54.